The average Bonchev–Trinajstić information content (AvgIpc) is 2.87. The number of carbonyl (C=O) groups is 2. The summed E-state index contributed by atoms with van der Waals surface area (Å²) in [6, 6.07) is 1.79. The van der Waals surface area contributed by atoms with Gasteiger partial charge in [0, 0.05) is 13.3 Å². The van der Waals surface area contributed by atoms with Gasteiger partial charge in [0.25, 0.3) is 0 Å². The van der Waals surface area contributed by atoms with E-state index in [1.807, 2.05) is 6.07 Å². The van der Waals surface area contributed by atoms with Crippen LogP contribution in [0.4, 0.5) is 4.79 Å². The van der Waals surface area contributed by atoms with E-state index in [2.05, 4.69) is 0 Å². The zero-order valence-electron chi connectivity index (χ0n) is 10.7. The normalized spacial score (nSPS) is 41.4. The van der Waals surface area contributed by atoms with E-state index >= 15 is 0 Å². The molecule has 0 N–H and O–H groups in total. The molecule has 7 nitrogen and oxygen atoms in total. The van der Waals surface area contributed by atoms with Gasteiger partial charge in [-0.25, -0.2) is 4.79 Å². The van der Waals surface area contributed by atoms with Crippen molar-refractivity contribution in [2.45, 2.75) is 50.2 Å². The highest BCUT2D eigenvalue weighted by atomic mass is 16.6. The fraction of sp³-hybridized carbons (Fsp3) is 0.750. The molecule has 3 rings (SSSR count). The van der Waals surface area contributed by atoms with Gasteiger partial charge in [0.05, 0.1) is 24.8 Å². The van der Waals surface area contributed by atoms with Crippen LogP contribution in [0, 0.1) is 11.3 Å². The van der Waals surface area contributed by atoms with Gasteiger partial charge in [0.15, 0.2) is 0 Å². The number of amides is 1. The Kier molecular flexibility index (Phi) is 2.47. The van der Waals surface area contributed by atoms with Crippen LogP contribution in [0.25, 0.3) is 0 Å². The monoisotopic (exact) mass is 266 g/mol. The summed E-state index contributed by atoms with van der Waals surface area (Å²) < 4.78 is 15.8. The Hall–Kier alpha value is -1.81. The molecule has 7 heteroatoms. The molecule has 5 atom stereocenters. The summed E-state index contributed by atoms with van der Waals surface area (Å²) in [5.74, 6) is -0.516. The van der Waals surface area contributed by atoms with Crippen LogP contribution >= 0.6 is 0 Å². The van der Waals surface area contributed by atoms with Crippen molar-refractivity contribution in [3.63, 3.8) is 0 Å². The highest BCUT2D eigenvalue weighted by Crippen LogP contribution is 2.56. The maximum atomic E-state index is 11.7. The van der Waals surface area contributed by atoms with Crippen LogP contribution in [0.5, 0.6) is 0 Å². The Labute approximate surface area is 110 Å². The molecule has 3 heterocycles. The predicted octanol–water partition coefficient (Wildman–Crippen LogP) is 0.192. The van der Waals surface area contributed by atoms with Crippen LogP contribution in [0.1, 0.15) is 20.3 Å². The van der Waals surface area contributed by atoms with Gasteiger partial charge in [-0.2, -0.15) is 5.26 Å². The molecule has 0 aromatic heterocycles. The second-order valence-electron chi connectivity index (χ2n) is 4.98. The Morgan fingerprint density at radius 1 is 1.53 bits per heavy atom. The Morgan fingerprint density at radius 3 is 2.84 bits per heavy atom. The lowest BCUT2D eigenvalue weighted by Crippen LogP contribution is -2.46. The molecule has 3 aliphatic heterocycles. The van der Waals surface area contributed by atoms with Gasteiger partial charge < -0.3 is 14.2 Å². The highest BCUT2D eigenvalue weighted by molar-refractivity contribution is 5.74. The molecule has 0 aromatic rings. The molecule has 3 saturated heterocycles. The van der Waals surface area contributed by atoms with Crippen LogP contribution in [0.2, 0.25) is 0 Å². The van der Waals surface area contributed by atoms with Gasteiger partial charge in [-0.15, -0.1) is 0 Å². The minimum Gasteiger partial charge on any atom is -0.450 e. The van der Waals surface area contributed by atoms with E-state index in [0.717, 1.165) is 0 Å². The predicted molar refractivity (Wildman–Crippen MR) is 59.8 cm³/mol. The van der Waals surface area contributed by atoms with Crippen molar-refractivity contribution in [1.29, 1.82) is 5.26 Å². The second-order valence-corrected chi connectivity index (χ2v) is 4.98. The molecule has 0 aromatic carbocycles. The smallest absolute Gasteiger partial charge is 0.410 e. The number of carbonyl (C=O) groups excluding carboxylic acids is 2. The van der Waals surface area contributed by atoms with Crippen LogP contribution in [0.15, 0.2) is 0 Å². The largest absolute Gasteiger partial charge is 0.450 e. The summed E-state index contributed by atoms with van der Waals surface area (Å²) in [7, 11) is 0. The lowest BCUT2D eigenvalue weighted by Gasteiger charge is -2.26. The first-order chi connectivity index (χ1) is 9.04. The third-order valence-corrected chi connectivity index (χ3v) is 3.87. The number of fused-ring (bicyclic) bond motifs is 5. The Balaban J connectivity index is 1.78. The molecule has 0 aliphatic carbocycles. The number of nitriles is 1. The number of hydrogen-bond acceptors (Lipinski definition) is 6. The Bertz CT molecular complexity index is 487. The van der Waals surface area contributed by atoms with Gasteiger partial charge >= 0.3 is 12.1 Å². The van der Waals surface area contributed by atoms with Crippen molar-refractivity contribution in [3.8, 4) is 6.07 Å². The number of esters is 1. The molecule has 0 saturated carbocycles. The van der Waals surface area contributed by atoms with Crippen LogP contribution in [-0.2, 0) is 19.0 Å². The van der Waals surface area contributed by atoms with Crippen LogP contribution in [-0.4, -0.2) is 53.5 Å². The fourth-order valence-corrected chi connectivity index (χ4v) is 3.24. The summed E-state index contributed by atoms with van der Waals surface area (Å²) in [4.78, 5) is 24.4. The zero-order valence-corrected chi connectivity index (χ0v) is 10.7. The van der Waals surface area contributed by atoms with Crippen molar-refractivity contribution >= 4 is 12.1 Å². The summed E-state index contributed by atoms with van der Waals surface area (Å²) in [5, 5.41) is 9.31. The molecular formula is C12H14N2O5. The number of morpholine rings is 1. The minimum atomic E-state index is -1.26. The maximum Gasteiger partial charge on any atom is 0.410 e. The quantitative estimate of drug-likeness (QED) is 0.523. The lowest BCUT2D eigenvalue weighted by molar-refractivity contribution is -0.156. The van der Waals surface area contributed by atoms with E-state index in [0.29, 0.717) is 13.0 Å². The van der Waals surface area contributed by atoms with E-state index < -0.39 is 23.8 Å². The molecule has 0 spiro atoms. The number of rotatable bonds is 2. The van der Waals surface area contributed by atoms with Gasteiger partial charge in [0.1, 0.15) is 12.2 Å². The first-order valence-corrected chi connectivity index (χ1v) is 6.25. The lowest BCUT2D eigenvalue weighted by atomic mass is 9.86. The number of nitrogens with zero attached hydrogens (tertiary/aromatic N) is 2. The first kappa shape index (κ1) is 12.2. The van der Waals surface area contributed by atoms with Gasteiger partial charge in [0.2, 0.25) is 5.60 Å². The van der Waals surface area contributed by atoms with E-state index in [-0.39, 0.29) is 18.2 Å². The van der Waals surface area contributed by atoms with Gasteiger partial charge in [-0.1, -0.05) is 0 Å². The van der Waals surface area contributed by atoms with E-state index in [9.17, 15) is 14.9 Å². The van der Waals surface area contributed by atoms with Crippen molar-refractivity contribution in [1.82, 2.24) is 4.90 Å². The number of ether oxygens (including phenoxy) is 3. The van der Waals surface area contributed by atoms with Crippen molar-refractivity contribution in [2.24, 2.45) is 0 Å². The third kappa shape index (κ3) is 1.53. The number of likely N-dealkylation sites (tertiary alicyclic amines) is 1. The van der Waals surface area contributed by atoms with E-state index in [1.165, 1.54) is 6.92 Å². The molecule has 2 bridgehead atoms. The van der Waals surface area contributed by atoms with Gasteiger partial charge in [-0.3, -0.25) is 9.69 Å². The molecular weight excluding hydrogens is 252 g/mol. The highest BCUT2D eigenvalue weighted by Gasteiger charge is 2.77. The summed E-state index contributed by atoms with van der Waals surface area (Å²) in [6.45, 7) is 3.30. The molecule has 0 unspecified atom stereocenters. The number of hydrogen-bond donors (Lipinski definition) is 0. The van der Waals surface area contributed by atoms with Crippen molar-refractivity contribution in [3.05, 3.63) is 0 Å². The zero-order chi connectivity index (χ0) is 13.8. The molecule has 3 aliphatic rings. The fourth-order valence-electron chi connectivity index (χ4n) is 3.24. The first-order valence-electron chi connectivity index (χ1n) is 6.25. The molecule has 19 heavy (non-hydrogen) atoms. The molecule has 0 radical (unpaired) electrons. The summed E-state index contributed by atoms with van der Waals surface area (Å²) in [6.07, 6.45) is -0.906. The van der Waals surface area contributed by atoms with E-state index in [4.69, 9.17) is 14.2 Å². The van der Waals surface area contributed by atoms with Crippen LogP contribution < -0.4 is 0 Å². The second kappa shape index (κ2) is 3.84. The molecule has 1 amide bonds. The Morgan fingerprint density at radius 2 is 2.26 bits per heavy atom. The SMILES string of the molecule is CCOC(=O)N1[C@@H]2[C@H]1[C@H]1C[C@@](C#N)(OC(C)=O)[C@@H]2O1. The topological polar surface area (TPSA) is 88.6 Å². The summed E-state index contributed by atoms with van der Waals surface area (Å²) in [5.41, 5.74) is -1.26. The van der Waals surface area contributed by atoms with E-state index in [1.54, 1.807) is 11.8 Å². The standard InChI is InChI=1S/C12H14N2O5/c1-3-17-11(16)14-8-7-4-12(5-13,19-6(2)15)10(18-7)9(8)14/h7-10H,3-4H2,1-2H3/t7-,8-,9-,10-,12+,14?/m1/s1. The summed E-state index contributed by atoms with van der Waals surface area (Å²) >= 11 is 0. The molecule has 102 valence electrons. The van der Waals surface area contributed by atoms with Gasteiger partial charge in [-0.05, 0) is 6.92 Å². The third-order valence-electron chi connectivity index (χ3n) is 3.87. The van der Waals surface area contributed by atoms with Crippen LogP contribution in [0.3, 0.4) is 0 Å². The van der Waals surface area contributed by atoms with Crippen molar-refractivity contribution < 1.29 is 23.8 Å². The average molecular weight is 266 g/mol. The van der Waals surface area contributed by atoms with Crippen molar-refractivity contribution in [2.75, 3.05) is 6.61 Å². The molecule has 3 fully saturated rings. The minimum absolute atomic E-state index is 0.0407. The maximum absolute atomic E-state index is 11.7.